The van der Waals surface area contributed by atoms with Crippen LogP contribution in [0.3, 0.4) is 0 Å². The van der Waals surface area contributed by atoms with Gasteiger partial charge in [0.25, 0.3) is 0 Å². The van der Waals surface area contributed by atoms with Crippen LogP contribution >= 0.6 is 0 Å². The molecule has 2 rings (SSSR count). The van der Waals surface area contributed by atoms with Crippen LogP contribution in [0, 0.1) is 5.92 Å². The molecule has 3 nitrogen and oxygen atoms in total. The van der Waals surface area contributed by atoms with Gasteiger partial charge in [-0.1, -0.05) is 6.58 Å². The number of hydrogen-bond donors (Lipinski definition) is 1. The SMILES string of the molecule is C=C(C)c1ccc(N2CCCC(C(C)(C)O)C2)cn1. The van der Waals surface area contributed by atoms with E-state index in [0.29, 0.717) is 5.92 Å². The minimum Gasteiger partial charge on any atom is -0.390 e. The summed E-state index contributed by atoms with van der Waals surface area (Å²) in [6.45, 7) is 11.6. The molecule has 0 spiro atoms. The van der Waals surface area contributed by atoms with E-state index in [1.807, 2.05) is 33.0 Å². The largest absolute Gasteiger partial charge is 0.390 e. The van der Waals surface area contributed by atoms with Gasteiger partial charge in [0.05, 0.1) is 23.2 Å². The minimum absolute atomic E-state index is 0.321. The maximum atomic E-state index is 10.2. The first-order chi connectivity index (χ1) is 8.88. The van der Waals surface area contributed by atoms with Crippen molar-refractivity contribution in [3.05, 3.63) is 30.6 Å². The fourth-order valence-corrected chi connectivity index (χ4v) is 2.61. The average Bonchev–Trinajstić information content (AvgIpc) is 2.38. The lowest BCUT2D eigenvalue weighted by molar-refractivity contribution is 0.0110. The lowest BCUT2D eigenvalue weighted by atomic mass is 9.84. The highest BCUT2D eigenvalue weighted by Gasteiger charge is 2.31. The van der Waals surface area contributed by atoms with Gasteiger partial charge in [0, 0.05) is 19.0 Å². The zero-order valence-corrected chi connectivity index (χ0v) is 12.2. The number of pyridine rings is 1. The van der Waals surface area contributed by atoms with Crippen LogP contribution in [0.5, 0.6) is 0 Å². The quantitative estimate of drug-likeness (QED) is 0.907. The number of aromatic nitrogens is 1. The van der Waals surface area contributed by atoms with Crippen molar-refractivity contribution in [1.82, 2.24) is 4.98 Å². The number of aliphatic hydroxyl groups is 1. The molecule has 0 bridgehead atoms. The third kappa shape index (κ3) is 3.35. The molecule has 1 N–H and O–H groups in total. The second kappa shape index (κ2) is 5.33. The summed E-state index contributed by atoms with van der Waals surface area (Å²) >= 11 is 0. The Kier molecular flexibility index (Phi) is 3.95. The van der Waals surface area contributed by atoms with E-state index in [0.717, 1.165) is 42.9 Å². The molecule has 19 heavy (non-hydrogen) atoms. The molecule has 1 aromatic heterocycles. The summed E-state index contributed by atoms with van der Waals surface area (Å²) in [5.74, 6) is 0.321. The summed E-state index contributed by atoms with van der Waals surface area (Å²) in [5.41, 5.74) is 2.46. The van der Waals surface area contributed by atoms with Crippen molar-refractivity contribution in [3.63, 3.8) is 0 Å². The van der Waals surface area contributed by atoms with E-state index in [-0.39, 0.29) is 0 Å². The maximum absolute atomic E-state index is 10.2. The van der Waals surface area contributed by atoms with Crippen molar-refractivity contribution in [2.24, 2.45) is 5.92 Å². The van der Waals surface area contributed by atoms with E-state index in [1.54, 1.807) is 0 Å². The van der Waals surface area contributed by atoms with Crippen LogP contribution in [-0.2, 0) is 0 Å². The lowest BCUT2D eigenvalue weighted by Gasteiger charge is -2.39. The van der Waals surface area contributed by atoms with Gasteiger partial charge in [0.15, 0.2) is 0 Å². The van der Waals surface area contributed by atoms with Crippen molar-refractivity contribution in [2.45, 2.75) is 39.2 Å². The summed E-state index contributed by atoms with van der Waals surface area (Å²) < 4.78 is 0. The number of nitrogens with zero attached hydrogens (tertiary/aromatic N) is 2. The highest BCUT2D eigenvalue weighted by Crippen LogP contribution is 2.29. The number of piperidine rings is 1. The molecule has 0 aromatic carbocycles. The standard InChI is InChI=1S/C16H24N2O/c1-12(2)15-8-7-14(10-17-15)18-9-5-6-13(11-18)16(3,4)19/h7-8,10,13,19H,1,5-6,9,11H2,2-4H3. The first-order valence-electron chi connectivity index (χ1n) is 6.97. The molecule has 1 aromatic rings. The van der Waals surface area contributed by atoms with E-state index in [2.05, 4.69) is 22.5 Å². The monoisotopic (exact) mass is 260 g/mol. The molecule has 0 amide bonds. The molecule has 104 valence electrons. The highest BCUT2D eigenvalue weighted by atomic mass is 16.3. The van der Waals surface area contributed by atoms with Crippen LogP contribution in [-0.4, -0.2) is 28.8 Å². The molecule has 1 saturated heterocycles. The third-order valence-electron chi connectivity index (χ3n) is 3.97. The predicted octanol–water partition coefficient (Wildman–Crippen LogP) is 3.10. The van der Waals surface area contributed by atoms with Crippen molar-refractivity contribution < 1.29 is 5.11 Å². The van der Waals surface area contributed by atoms with Crippen molar-refractivity contribution >= 4 is 11.3 Å². The molecular weight excluding hydrogens is 236 g/mol. The minimum atomic E-state index is -0.607. The van der Waals surface area contributed by atoms with E-state index in [4.69, 9.17) is 0 Å². The molecule has 2 heterocycles. The Balaban J connectivity index is 2.11. The van der Waals surface area contributed by atoms with Crippen molar-refractivity contribution in [2.75, 3.05) is 18.0 Å². The molecule has 0 aliphatic carbocycles. The number of rotatable bonds is 3. The lowest BCUT2D eigenvalue weighted by Crippen LogP contribution is -2.44. The second-order valence-electron chi connectivity index (χ2n) is 6.12. The van der Waals surface area contributed by atoms with Gasteiger partial charge < -0.3 is 10.0 Å². The maximum Gasteiger partial charge on any atom is 0.0654 e. The number of hydrogen-bond acceptors (Lipinski definition) is 3. The summed E-state index contributed by atoms with van der Waals surface area (Å²) in [6.07, 6.45) is 4.13. The molecule has 1 aliphatic heterocycles. The Morgan fingerprint density at radius 1 is 1.47 bits per heavy atom. The molecule has 1 aliphatic rings. The number of anilines is 1. The van der Waals surface area contributed by atoms with Crippen molar-refractivity contribution in [1.29, 1.82) is 0 Å². The number of allylic oxidation sites excluding steroid dienone is 1. The summed E-state index contributed by atoms with van der Waals surface area (Å²) in [4.78, 5) is 6.76. The van der Waals surface area contributed by atoms with Gasteiger partial charge in [-0.05, 0) is 51.3 Å². The molecular formula is C16H24N2O. The van der Waals surface area contributed by atoms with Gasteiger partial charge in [0.2, 0.25) is 0 Å². The molecule has 1 atom stereocenters. The Hall–Kier alpha value is -1.35. The Morgan fingerprint density at radius 2 is 2.21 bits per heavy atom. The average molecular weight is 260 g/mol. The predicted molar refractivity (Wildman–Crippen MR) is 80.2 cm³/mol. The van der Waals surface area contributed by atoms with E-state index >= 15 is 0 Å². The molecule has 3 heteroatoms. The fourth-order valence-electron chi connectivity index (χ4n) is 2.61. The Bertz CT molecular complexity index is 445. The molecule has 0 saturated carbocycles. The third-order valence-corrected chi connectivity index (χ3v) is 3.97. The van der Waals surface area contributed by atoms with Crippen LogP contribution in [0.1, 0.15) is 39.3 Å². The first-order valence-corrected chi connectivity index (χ1v) is 6.97. The summed E-state index contributed by atoms with van der Waals surface area (Å²) in [5, 5.41) is 10.2. The van der Waals surface area contributed by atoms with Crippen molar-refractivity contribution in [3.8, 4) is 0 Å². The molecule has 1 fully saturated rings. The summed E-state index contributed by atoms with van der Waals surface area (Å²) in [6, 6.07) is 4.12. The van der Waals surface area contributed by atoms with Gasteiger partial charge in [-0.2, -0.15) is 0 Å². The normalized spacial score (nSPS) is 20.4. The fraction of sp³-hybridized carbons (Fsp3) is 0.562. The van der Waals surface area contributed by atoms with Gasteiger partial charge in [-0.15, -0.1) is 0 Å². The van der Waals surface area contributed by atoms with Gasteiger partial charge in [-0.25, -0.2) is 0 Å². The van der Waals surface area contributed by atoms with E-state index in [9.17, 15) is 5.11 Å². The Morgan fingerprint density at radius 3 is 2.74 bits per heavy atom. The van der Waals surface area contributed by atoms with E-state index < -0.39 is 5.60 Å². The van der Waals surface area contributed by atoms with Crippen LogP contribution in [0.4, 0.5) is 5.69 Å². The molecule has 1 unspecified atom stereocenters. The van der Waals surface area contributed by atoms with Crippen LogP contribution in [0.15, 0.2) is 24.9 Å². The van der Waals surface area contributed by atoms with Gasteiger partial charge in [0.1, 0.15) is 0 Å². The summed E-state index contributed by atoms with van der Waals surface area (Å²) in [7, 11) is 0. The van der Waals surface area contributed by atoms with Crippen LogP contribution in [0.2, 0.25) is 0 Å². The smallest absolute Gasteiger partial charge is 0.0654 e. The van der Waals surface area contributed by atoms with Crippen LogP contribution in [0.25, 0.3) is 5.57 Å². The molecule has 0 radical (unpaired) electrons. The zero-order chi connectivity index (χ0) is 14.0. The van der Waals surface area contributed by atoms with E-state index in [1.165, 1.54) is 0 Å². The van der Waals surface area contributed by atoms with Crippen LogP contribution < -0.4 is 4.90 Å². The van der Waals surface area contributed by atoms with Gasteiger partial charge in [-0.3, -0.25) is 4.98 Å². The topological polar surface area (TPSA) is 36.4 Å². The first kappa shape index (κ1) is 14.1. The Labute approximate surface area is 116 Å². The second-order valence-corrected chi connectivity index (χ2v) is 6.12. The zero-order valence-electron chi connectivity index (χ0n) is 12.2. The highest BCUT2D eigenvalue weighted by molar-refractivity contribution is 5.59. The van der Waals surface area contributed by atoms with Gasteiger partial charge >= 0.3 is 0 Å².